The van der Waals surface area contributed by atoms with Crippen molar-refractivity contribution in [3.8, 4) is 0 Å². The van der Waals surface area contributed by atoms with Gasteiger partial charge in [0.15, 0.2) is 11.6 Å². The molecule has 1 atom stereocenters. The van der Waals surface area contributed by atoms with Gasteiger partial charge in [0.1, 0.15) is 6.04 Å². The molecule has 0 aromatic heterocycles. The van der Waals surface area contributed by atoms with E-state index in [0.717, 1.165) is 54.8 Å². The Morgan fingerprint density at radius 3 is 2.33 bits per heavy atom. The molecule has 40 heavy (non-hydrogen) atoms. The summed E-state index contributed by atoms with van der Waals surface area (Å²) in [7, 11) is -3.85. The number of hydrogen-bond donors (Lipinski definition) is 1. The Balaban J connectivity index is 1.79. The monoisotopic (exact) mass is 617 g/mol. The number of nitrogens with zero attached hydrogens (tertiary/aromatic N) is 2. The Kier molecular flexibility index (Phi) is 11.6. The fourth-order valence-electron chi connectivity index (χ4n) is 4.94. The number of hydrogen-bond acceptors (Lipinski definition) is 4. The van der Waals surface area contributed by atoms with E-state index < -0.39 is 27.7 Å². The highest BCUT2D eigenvalue weighted by atomic mass is 35.5. The summed E-state index contributed by atoms with van der Waals surface area (Å²) >= 11 is 12.3. The molecule has 1 aliphatic rings. The molecule has 0 heterocycles. The standard InChI is InChI=1S/C28H35Cl2F2N3O4S/c1-3-26(28(37)33-20-8-5-4-6-9-20)34(18-19-11-13-22(29)23(30)16-19)27(36)10-7-15-35(40(2,38)39)21-12-14-24(31)25(32)17-21/h11-14,16-17,20,26H,3-10,15,18H2,1-2H3,(H,33,37). The average Bonchev–Trinajstić information content (AvgIpc) is 2.90. The maximum Gasteiger partial charge on any atom is 0.243 e. The minimum Gasteiger partial charge on any atom is -0.352 e. The highest BCUT2D eigenvalue weighted by Gasteiger charge is 2.30. The molecule has 1 N–H and O–H groups in total. The lowest BCUT2D eigenvalue weighted by Gasteiger charge is -2.33. The van der Waals surface area contributed by atoms with Crippen LogP contribution in [0.2, 0.25) is 10.0 Å². The summed E-state index contributed by atoms with van der Waals surface area (Å²) in [6.45, 7) is 1.79. The maximum absolute atomic E-state index is 13.8. The van der Waals surface area contributed by atoms with Crippen LogP contribution < -0.4 is 9.62 Å². The van der Waals surface area contributed by atoms with Crippen LogP contribution in [0.5, 0.6) is 0 Å². The molecule has 3 rings (SSSR count). The third kappa shape index (κ3) is 8.78. The summed E-state index contributed by atoms with van der Waals surface area (Å²) in [6, 6.07) is 7.13. The normalized spacial score (nSPS) is 14.9. The second-order valence-electron chi connectivity index (χ2n) is 10.1. The van der Waals surface area contributed by atoms with Gasteiger partial charge in [-0.05, 0) is 55.5 Å². The summed E-state index contributed by atoms with van der Waals surface area (Å²) < 4.78 is 53.0. The molecular formula is C28H35Cl2F2N3O4S. The zero-order valence-corrected chi connectivity index (χ0v) is 25.0. The SMILES string of the molecule is CCC(C(=O)NC1CCCCC1)N(Cc1ccc(Cl)c(Cl)c1)C(=O)CCCN(c1ccc(F)c(F)c1)S(C)(=O)=O. The highest BCUT2D eigenvalue weighted by molar-refractivity contribution is 7.92. The molecule has 0 radical (unpaired) electrons. The molecule has 0 saturated heterocycles. The fourth-order valence-corrected chi connectivity index (χ4v) is 6.22. The van der Waals surface area contributed by atoms with Gasteiger partial charge in [-0.3, -0.25) is 13.9 Å². The third-order valence-corrected chi connectivity index (χ3v) is 8.95. The minimum atomic E-state index is -3.85. The van der Waals surface area contributed by atoms with Crippen LogP contribution in [-0.4, -0.2) is 50.0 Å². The topological polar surface area (TPSA) is 86.8 Å². The predicted octanol–water partition coefficient (Wildman–Crippen LogP) is 6.07. The smallest absolute Gasteiger partial charge is 0.243 e. The Bertz CT molecular complexity index is 1310. The van der Waals surface area contributed by atoms with Gasteiger partial charge in [0.25, 0.3) is 0 Å². The molecule has 0 bridgehead atoms. The number of carbonyl (C=O) groups excluding carboxylic acids is 2. The Labute approximate surface area is 244 Å². The van der Waals surface area contributed by atoms with Crippen molar-refractivity contribution < 1.29 is 26.8 Å². The van der Waals surface area contributed by atoms with E-state index in [1.165, 1.54) is 11.0 Å². The molecule has 220 valence electrons. The molecule has 1 unspecified atom stereocenters. The number of anilines is 1. The summed E-state index contributed by atoms with van der Waals surface area (Å²) in [6.07, 6.45) is 6.35. The van der Waals surface area contributed by atoms with Gasteiger partial charge in [-0.25, -0.2) is 17.2 Å². The number of sulfonamides is 1. The summed E-state index contributed by atoms with van der Waals surface area (Å²) in [5.74, 6) is -2.86. The van der Waals surface area contributed by atoms with E-state index in [-0.39, 0.29) is 49.5 Å². The average molecular weight is 619 g/mol. The van der Waals surface area contributed by atoms with E-state index in [1.54, 1.807) is 18.2 Å². The quantitative estimate of drug-likeness (QED) is 0.313. The van der Waals surface area contributed by atoms with Gasteiger partial charge in [0.2, 0.25) is 21.8 Å². The Hall–Kier alpha value is -2.43. The van der Waals surface area contributed by atoms with Gasteiger partial charge < -0.3 is 10.2 Å². The van der Waals surface area contributed by atoms with Crippen molar-refractivity contribution in [1.82, 2.24) is 10.2 Å². The van der Waals surface area contributed by atoms with Gasteiger partial charge >= 0.3 is 0 Å². The molecule has 12 heteroatoms. The van der Waals surface area contributed by atoms with E-state index in [4.69, 9.17) is 23.2 Å². The zero-order chi connectivity index (χ0) is 29.4. The molecular weight excluding hydrogens is 583 g/mol. The second-order valence-corrected chi connectivity index (χ2v) is 12.8. The van der Waals surface area contributed by atoms with Crippen LogP contribution in [0, 0.1) is 11.6 Å². The molecule has 1 fully saturated rings. The lowest BCUT2D eigenvalue weighted by Crippen LogP contribution is -2.51. The van der Waals surface area contributed by atoms with E-state index in [1.807, 2.05) is 6.92 Å². The molecule has 1 saturated carbocycles. The number of rotatable bonds is 12. The second kappa shape index (κ2) is 14.5. The first-order valence-corrected chi connectivity index (χ1v) is 16.0. The lowest BCUT2D eigenvalue weighted by atomic mass is 9.95. The molecule has 0 aliphatic heterocycles. The molecule has 0 spiro atoms. The van der Waals surface area contributed by atoms with Crippen molar-refractivity contribution in [3.63, 3.8) is 0 Å². The summed E-state index contributed by atoms with van der Waals surface area (Å²) in [5.41, 5.74) is 0.644. The van der Waals surface area contributed by atoms with E-state index in [0.29, 0.717) is 22.0 Å². The summed E-state index contributed by atoms with van der Waals surface area (Å²) in [4.78, 5) is 28.4. The number of amides is 2. The maximum atomic E-state index is 13.8. The minimum absolute atomic E-state index is 0.0418. The van der Waals surface area contributed by atoms with Crippen molar-refractivity contribution in [2.24, 2.45) is 0 Å². The Morgan fingerprint density at radius 2 is 1.73 bits per heavy atom. The first kappa shape index (κ1) is 32.1. The van der Waals surface area contributed by atoms with Crippen molar-refractivity contribution in [2.45, 2.75) is 76.9 Å². The molecule has 7 nitrogen and oxygen atoms in total. The molecule has 2 amide bonds. The van der Waals surface area contributed by atoms with Crippen molar-refractivity contribution in [3.05, 3.63) is 63.6 Å². The van der Waals surface area contributed by atoms with Gasteiger partial charge in [0, 0.05) is 31.6 Å². The zero-order valence-electron chi connectivity index (χ0n) is 22.6. The number of nitrogens with one attached hydrogen (secondary N) is 1. The van der Waals surface area contributed by atoms with Crippen molar-refractivity contribution >= 4 is 50.7 Å². The van der Waals surface area contributed by atoms with Crippen molar-refractivity contribution in [1.29, 1.82) is 0 Å². The Morgan fingerprint density at radius 1 is 1.02 bits per heavy atom. The molecule has 2 aromatic rings. The fraction of sp³-hybridized carbons (Fsp3) is 0.500. The highest BCUT2D eigenvalue weighted by Crippen LogP contribution is 2.26. The van der Waals surface area contributed by atoms with Crippen LogP contribution in [-0.2, 0) is 26.2 Å². The van der Waals surface area contributed by atoms with Crippen LogP contribution in [0.1, 0.15) is 63.9 Å². The third-order valence-electron chi connectivity index (χ3n) is 7.02. The van der Waals surface area contributed by atoms with Gasteiger partial charge in [-0.15, -0.1) is 0 Å². The van der Waals surface area contributed by atoms with Crippen LogP contribution in [0.3, 0.4) is 0 Å². The first-order valence-electron chi connectivity index (χ1n) is 13.4. The lowest BCUT2D eigenvalue weighted by molar-refractivity contribution is -0.141. The van der Waals surface area contributed by atoms with E-state index in [2.05, 4.69) is 5.32 Å². The summed E-state index contributed by atoms with van der Waals surface area (Å²) in [5, 5.41) is 3.79. The predicted molar refractivity (Wildman–Crippen MR) is 154 cm³/mol. The van der Waals surface area contributed by atoms with Crippen molar-refractivity contribution in [2.75, 3.05) is 17.1 Å². The van der Waals surface area contributed by atoms with Gasteiger partial charge in [-0.2, -0.15) is 0 Å². The molecule has 1 aliphatic carbocycles. The van der Waals surface area contributed by atoms with Crippen LogP contribution >= 0.6 is 23.2 Å². The number of halogens is 4. The number of benzene rings is 2. The van der Waals surface area contributed by atoms with Gasteiger partial charge in [-0.1, -0.05) is 55.5 Å². The van der Waals surface area contributed by atoms with Crippen LogP contribution in [0.25, 0.3) is 0 Å². The first-order chi connectivity index (χ1) is 18.9. The number of carbonyl (C=O) groups is 2. The van der Waals surface area contributed by atoms with E-state index in [9.17, 15) is 26.8 Å². The van der Waals surface area contributed by atoms with Gasteiger partial charge in [0.05, 0.1) is 22.0 Å². The molecule has 2 aromatic carbocycles. The van der Waals surface area contributed by atoms with E-state index >= 15 is 0 Å². The van der Waals surface area contributed by atoms with Crippen LogP contribution in [0.15, 0.2) is 36.4 Å². The van der Waals surface area contributed by atoms with Crippen LogP contribution in [0.4, 0.5) is 14.5 Å². The largest absolute Gasteiger partial charge is 0.352 e.